The van der Waals surface area contributed by atoms with Gasteiger partial charge >= 0.3 is 0 Å². The van der Waals surface area contributed by atoms with Crippen molar-refractivity contribution < 1.29 is 14.3 Å². The maximum atomic E-state index is 13.8. The highest BCUT2D eigenvalue weighted by Gasteiger charge is 2.23. The van der Waals surface area contributed by atoms with Crippen LogP contribution in [0.5, 0.6) is 11.5 Å². The molecule has 2 aliphatic heterocycles. The van der Waals surface area contributed by atoms with Crippen LogP contribution < -0.4 is 19.9 Å². The van der Waals surface area contributed by atoms with E-state index < -0.39 is 0 Å². The van der Waals surface area contributed by atoms with Crippen LogP contribution in [0.25, 0.3) is 10.9 Å². The average Bonchev–Trinajstić information content (AvgIpc) is 3.46. The minimum absolute atomic E-state index is 0.0501. The van der Waals surface area contributed by atoms with Gasteiger partial charge in [-0.2, -0.15) is 0 Å². The second-order valence-corrected chi connectivity index (χ2v) is 12.7. The summed E-state index contributed by atoms with van der Waals surface area (Å²) >= 11 is 1.51. The molecule has 4 aromatic rings. The molecule has 3 heterocycles. The van der Waals surface area contributed by atoms with Crippen molar-refractivity contribution in [3.8, 4) is 11.5 Å². The topological polar surface area (TPSA) is 76.9 Å². The van der Waals surface area contributed by atoms with Crippen molar-refractivity contribution in [3.05, 3.63) is 88.2 Å². The molecule has 1 amide bonds. The number of piperazine rings is 1. The molecular formula is C33H36N4O4S. The number of carbonyl (C=O) groups excluding carboxylic acids is 1. The zero-order chi connectivity index (χ0) is 29.3. The third-order valence-electron chi connectivity index (χ3n) is 7.90. The quantitative estimate of drug-likeness (QED) is 0.211. The molecule has 0 spiro atoms. The molecule has 0 unspecified atom stereocenters. The van der Waals surface area contributed by atoms with Crippen molar-refractivity contribution in [2.75, 3.05) is 37.9 Å². The number of thioether (sulfide) groups is 1. The lowest BCUT2D eigenvalue weighted by atomic mass is 9.87. The first kappa shape index (κ1) is 28.2. The molecule has 2 aliphatic rings. The number of aromatic nitrogens is 2. The molecule has 0 bridgehead atoms. The van der Waals surface area contributed by atoms with E-state index in [2.05, 4.69) is 62.1 Å². The third kappa shape index (κ3) is 5.97. The standard InChI is InChI=1S/C33H36N4O4S/c1-33(2,3)24-11-9-23(10-12-24)21-42-32-34-27-20-29-28(40-22-41-29)19-26(27)31(39)37(32)14-13-30(38)36-17-15-35(16-18-36)25-7-5-4-6-8-25/h4-12,19-20H,13-18,21-22H2,1-3H3. The van der Waals surface area contributed by atoms with Crippen LogP contribution in [-0.4, -0.2) is 53.3 Å². The maximum absolute atomic E-state index is 13.8. The van der Waals surface area contributed by atoms with Crippen molar-refractivity contribution >= 4 is 34.3 Å². The first-order chi connectivity index (χ1) is 20.3. The number of hydrogen-bond acceptors (Lipinski definition) is 7. The largest absolute Gasteiger partial charge is 0.454 e. The molecule has 218 valence electrons. The van der Waals surface area contributed by atoms with E-state index in [9.17, 15) is 9.59 Å². The van der Waals surface area contributed by atoms with Gasteiger partial charge in [-0.3, -0.25) is 14.2 Å². The smallest absolute Gasteiger partial charge is 0.262 e. The van der Waals surface area contributed by atoms with Gasteiger partial charge in [-0.15, -0.1) is 0 Å². The number of rotatable bonds is 7. The lowest BCUT2D eigenvalue weighted by molar-refractivity contribution is -0.131. The van der Waals surface area contributed by atoms with E-state index in [0.29, 0.717) is 46.4 Å². The van der Waals surface area contributed by atoms with Crippen LogP contribution >= 0.6 is 11.8 Å². The first-order valence-corrected chi connectivity index (χ1v) is 15.4. The molecule has 0 radical (unpaired) electrons. The lowest BCUT2D eigenvalue weighted by Gasteiger charge is -2.36. The number of anilines is 1. The summed E-state index contributed by atoms with van der Waals surface area (Å²) < 4.78 is 12.7. The van der Waals surface area contributed by atoms with E-state index >= 15 is 0 Å². The summed E-state index contributed by atoms with van der Waals surface area (Å²) in [6.07, 6.45) is 0.233. The summed E-state index contributed by atoms with van der Waals surface area (Å²) in [5.74, 6) is 1.84. The normalized spacial score (nSPS) is 14.9. The van der Waals surface area contributed by atoms with E-state index in [0.717, 1.165) is 18.7 Å². The van der Waals surface area contributed by atoms with E-state index in [-0.39, 0.29) is 36.6 Å². The number of ether oxygens (including phenoxy) is 2. The van der Waals surface area contributed by atoms with E-state index in [1.165, 1.54) is 23.0 Å². The minimum Gasteiger partial charge on any atom is -0.454 e. The van der Waals surface area contributed by atoms with Gasteiger partial charge in [0.1, 0.15) is 0 Å². The Morgan fingerprint density at radius 1 is 0.929 bits per heavy atom. The first-order valence-electron chi connectivity index (χ1n) is 14.4. The van der Waals surface area contributed by atoms with Crippen LogP contribution in [0.4, 0.5) is 5.69 Å². The maximum Gasteiger partial charge on any atom is 0.262 e. The molecule has 0 aliphatic carbocycles. The summed E-state index contributed by atoms with van der Waals surface area (Å²) in [5, 5.41) is 1.05. The van der Waals surface area contributed by atoms with Crippen LogP contribution in [0.1, 0.15) is 38.3 Å². The summed E-state index contributed by atoms with van der Waals surface area (Å²) in [7, 11) is 0. The average molecular weight is 585 g/mol. The van der Waals surface area contributed by atoms with E-state index in [1.54, 1.807) is 16.7 Å². The monoisotopic (exact) mass is 584 g/mol. The molecule has 0 atom stereocenters. The Balaban J connectivity index is 1.20. The van der Waals surface area contributed by atoms with Gasteiger partial charge in [-0.25, -0.2) is 4.98 Å². The zero-order valence-corrected chi connectivity index (χ0v) is 25.2. The number of carbonyl (C=O) groups is 1. The second kappa shape index (κ2) is 11.7. The van der Waals surface area contributed by atoms with Crippen LogP contribution in [0, 0.1) is 0 Å². The van der Waals surface area contributed by atoms with E-state index in [4.69, 9.17) is 14.5 Å². The SMILES string of the molecule is CC(C)(C)c1ccc(CSc2nc3cc4c(cc3c(=O)n2CCC(=O)N2CCN(c3ccccc3)CC2)OCO4)cc1. The molecule has 1 aromatic heterocycles. The number of amides is 1. The summed E-state index contributed by atoms with van der Waals surface area (Å²) in [6.45, 7) is 9.88. The fourth-order valence-electron chi connectivity index (χ4n) is 5.37. The molecule has 6 rings (SSSR count). The molecule has 8 nitrogen and oxygen atoms in total. The minimum atomic E-state index is -0.175. The van der Waals surface area contributed by atoms with Gasteiger partial charge in [-0.05, 0) is 34.7 Å². The van der Waals surface area contributed by atoms with Gasteiger partial charge in [0, 0.05) is 56.7 Å². The number of hydrogen-bond donors (Lipinski definition) is 0. The van der Waals surface area contributed by atoms with Gasteiger partial charge in [-0.1, -0.05) is 75.0 Å². The highest BCUT2D eigenvalue weighted by Crippen LogP contribution is 2.35. The molecule has 1 saturated heterocycles. The molecule has 0 saturated carbocycles. The molecule has 0 N–H and O–H groups in total. The molecule has 42 heavy (non-hydrogen) atoms. The van der Waals surface area contributed by atoms with Crippen molar-refractivity contribution in [2.45, 2.75) is 50.1 Å². The highest BCUT2D eigenvalue weighted by atomic mass is 32.2. The number of nitrogens with zero attached hydrogens (tertiary/aromatic N) is 4. The Labute approximate surface area is 250 Å². The van der Waals surface area contributed by atoms with Crippen LogP contribution in [-0.2, 0) is 22.5 Å². The summed E-state index contributed by atoms with van der Waals surface area (Å²) in [6, 6.07) is 22.3. The Morgan fingerprint density at radius 2 is 1.62 bits per heavy atom. The molecular weight excluding hydrogens is 548 g/mol. The fourth-order valence-corrected chi connectivity index (χ4v) is 6.35. The lowest BCUT2D eigenvalue weighted by Crippen LogP contribution is -2.49. The van der Waals surface area contributed by atoms with Gasteiger partial charge < -0.3 is 19.3 Å². The van der Waals surface area contributed by atoms with Crippen LogP contribution in [0.3, 0.4) is 0 Å². The molecule has 1 fully saturated rings. The van der Waals surface area contributed by atoms with E-state index in [1.807, 2.05) is 23.1 Å². The van der Waals surface area contributed by atoms with Crippen molar-refractivity contribution in [1.29, 1.82) is 0 Å². The predicted molar refractivity (Wildman–Crippen MR) is 167 cm³/mol. The number of benzene rings is 3. The van der Waals surface area contributed by atoms with Crippen LogP contribution in [0.15, 0.2) is 76.7 Å². The number of fused-ring (bicyclic) bond motifs is 2. The second-order valence-electron chi connectivity index (χ2n) is 11.8. The Bertz CT molecular complexity index is 1640. The summed E-state index contributed by atoms with van der Waals surface area (Å²) in [5.41, 5.74) is 4.07. The van der Waals surface area contributed by atoms with Crippen molar-refractivity contribution in [1.82, 2.24) is 14.5 Å². The Hall–Kier alpha value is -3.98. The summed E-state index contributed by atoms with van der Waals surface area (Å²) in [4.78, 5) is 36.1. The molecule has 9 heteroatoms. The van der Waals surface area contributed by atoms with Crippen LogP contribution in [0.2, 0.25) is 0 Å². The van der Waals surface area contributed by atoms with Gasteiger partial charge in [0.05, 0.1) is 10.9 Å². The van der Waals surface area contributed by atoms with Gasteiger partial charge in [0.2, 0.25) is 12.7 Å². The number of para-hydroxylation sites is 1. The van der Waals surface area contributed by atoms with Gasteiger partial charge in [0.25, 0.3) is 5.56 Å². The zero-order valence-electron chi connectivity index (χ0n) is 24.3. The Kier molecular flexibility index (Phi) is 7.86. The van der Waals surface area contributed by atoms with Crippen molar-refractivity contribution in [2.24, 2.45) is 0 Å². The van der Waals surface area contributed by atoms with Crippen molar-refractivity contribution in [3.63, 3.8) is 0 Å². The predicted octanol–water partition coefficient (Wildman–Crippen LogP) is 5.45. The fraction of sp³-hybridized carbons (Fsp3) is 0.364. The molecule has 3 aromatic carbocycles. The Morgan fingerprint density at radius 3 is 2.31 bits per heavy atom. The highest BCUT2D eigenvalue weighted by molar-refractivity contribution is 7.98. The third-order valence-corrected chi connectivity index (χ3v) is 8.95. The van der Waals surface area contributed by atoms with Gasteiger partial charge in [0.15, 0.2) is 16.7 Å².